The fourth-order valence-electron chi connectivity index (χ4n) is 2.73. The topological polar surface area (TPSA) is 73.2 Å². The largest absolute Gasteiger partial charge is 0.573 e. The fourth-order valence-corrected chi connectivity index (χ4v) is 2.73. The molecule has 0 bridgehead atoms. The number of fused-ring (bicyclic) bond motifs is 1. The Morgan fingerprint density at radius 1 is 1.18 bits per heavy atom. The highest BCUT2D eigenvalue weighted by atomic mass is 19.4. The van der Waals surface area contributed by atoms with E-state index in [1.54, 1.807) is 31.2 Å². The lowest BCUT2D eigenvalue weighted by Gasteiger charge is -2.14. The smallest absolute Gasteiger partial charge is 0.406 e. The van der Waals surface area contributed by atoms with Crippen LogP contribution in [0, 0.1) is 0 Å². The maximum absolute atomic E-state index is 12.7. The summed E-state index contributed by atoms with van der Waals surface area (Å²) in [4.78, 5) is 29.4. The summed E-state index contributed by atoms with van der Waals surface area (Å²) in [6.45, 7) is 1.79. The summed E-state index contributed by atoms with van der Waals surface area (Å²) in [5.74, 6) is -0.624. The van der Waals surface area contributed by atoms with E-state index in [-0.39, 0.29) is 6.42 Å². The molecule has 0 aliphatic heterocycles. The standard InChI is InChI=1S/C19H16F3N3O3/c1-2-16-23-15-9-4-3-8-14(15)18(27)25(16)24-17(26)11-12-6-5-7-13(10-12)28-19(20,21)22/h3-10H,2,11H2,1H3,(H,24,26). The highest BCUT2D eigenvalue weighted by molar-refractivity contribution is 5.86. The minimum Gasteiger partial charge on any atom is -0.406 e. The van der Waals surface area contributed by atoms with Gasteiger partial charge in [-0.15, -0.1) is 13.2 Å². The zero-order valence-electron chi connectivity index (χ0n) is 14.8. The predicted octanol–water partition coefficient (Wildman–Crippen LogP) is 3.17. The van der Waals surface area contributed by atoms with Gasteiger partial charge in [0, 0.05) is 6.42 Å². The molecule has 0 fully saturated rings. The van der Waals surface area contributed by atoms with Gasteiger partial charge in [-0.25, -0.2) is 9.66 Å². The molecule has 0 saturated carbocycles. The Bertz CT molecular complexity index is 1080. The summed E-state index contributed by atoms with van der Waals surface area (Å²) in [5.41, 5.74) is 2.88. The van der Waals surface area contributed by atoms with Crippen molar-refractivity contribution < 1.29 is 22.7 Å². The minimum absolute atomic E-state index is 0.239. The van der Waals surface area contributed by atoms with Crippen LogP contribution in [0.2, 0.25) is 0 Å². The van der Waals surface area contributed by atoms with Crippen LogP contribution in [-0.2, 0) is 17.6 Å². The van der Waals surface area contributed by atoms with Gasteiger partial charge in [0.05, 0.1) is 17.3 Å². The van der Waals surface area contributed by atoms with Gasteiger partial charge in [0.1, 0.15) is 11.6 Å². The second-order valence-electron chi connectivity index (χ2n) is 5.95. The number of benzene rings is 2. The van der Waals surface area contributed by atoms with E-state index in [1.165, 1.54) is 12.1 Å². The number of amides is 1. The maximum Gasteiger partial charge on any atom is 0.573 e. The lowest BCUT2D eigenvalue weighted by atomic mass is 10.1. The number of nitrogens with one attached hydrogen (secondary N) is 1. The summed E-state index contributed by atoms with van der Waals surface area (Å²) in [6, 6.07) is 11.9. The minimum atomic E-state index is -4.82. The third-order valence-corrected chi connectivity index (χ3v) is 3.89. The average Bonchev–Trinajstić information content (AvgIpc) is 2.62. The van der Waals surface area contributed by atoms with Crippen LogP contribution in [0.4, 0.5) is 13.2 Å². The number of para-hydroxylation sites is 1. The van der Waals surface area contributed by atoms with Gasteiger partial charge in [0.15, 0.2) is 0 Å². The Balaban J connectivity index is 1.83. The molecule has 6 nitrogen and oxygen atoms in total. The molecule has 0 spiro atoms. The first kappa shape index (κ1) is 19.4. The molecule has 1 aromatic heterocycles. The molecule has 0 aliphatic carbocycles. The van der Waals surface area contributed by atoms with Crippen molar-refractivity contribution in [2.75, 3.05) is 5.43 Å². The number of halogens is 3. The first-order valence-corrected chi connectivity index (χ1v) is 8.42. The van der Waals surface area contributed by atoms with E-state index < -0.39 is 23.6 Å². The second-order valence-corrected chi connectivity index (χ2v) is 5.95. The molecule has 0 aliphatic rings. The molecule has 0 atom stereocenters. The van der Waals surface area contributed by atoms with Crippen LogP contribution in [0.5, 0.6) is 5.75 Å². The van der Waals surface area contributed by atoms with Crippen molar-refractivity contribution in [2.24, 2.45) is 0 Å². The van der Waals surface area contributed by atoms with Crippen LogP contribution in [-0.4, -0.2) is 21.9 Å². The highest BCUT2D eigenvalue weighted by Crippen LogP contribution is 2.23. The van der Waals surface area contributed by atoms with E-state index in [0.29, 0.717) is 28.7 Å². The van der Waals surface area contributed by atoms with Gasteiger partial charge in [-0.1, -0.05) is 31.2 Å². The number of aromatic nitrogens is 2. The molecule has 0 radical (unpaired) electrons. The molecule has 1 heterocycles. The van der Waals surface area contributed by atoms with E-state index in [1.807, 2.05) is 0 Å². The Morgan fingerprint density at radius 3 is 2.64 bits per heavy atom. The third kappa shape index (κ3) is 4.48. The molecule has 2 aromatic carbocycles. The number of ether oxygens (including phenoxy) is 1. The zero-order valence-corrected chi connectivity index (χ0v) is 14.8. The predicted molar refractivity (Wildman–Crippen MR) is 96.6 cm³/mol. The lowest BCUT2D eigenvalue weighted by molar-refractivity contribution is -0.274. The first-order valence-electron chi connectivity index (χ1n) is 8.42. The molecule has 3 aromatic rings. The molecule has 0 saturated heterocycles. The van der Waals surface area contributed by atoms with E-state index in [2.05, 4.69) is 15.1 Å². The summed E-state index contributed by atoms with van der Waals surface area (Å²) in [5, 5.41) is 0.348. The maximum atomic E-state index is 12.7. The van der Waals surface area contributed by atoms with Gasteiger partial charge in [-0.05, 0) is 29.8 Å². The average molecular weight is 391 g/mol. The van der Waals surface area contributed by atoms with Crippen LogP contribution in [0.25, 0.3) is 10.9 Å². The van der Waals surface area contributed by atoms with Gasteiger partial charge >= 0.3 is 6.36 Å². The van der Waals surface area contributed by atoms with Gasteiger partial charge in [0.25, 0.3) is 5.56 Å². The van der Waals surface area contributed by atoms with Gasteiger partial charge in [-0.2, -0.15) is 0 Å². The van der Waals surface area contributed by atoms with Crippen molar-refractivity contribution in [3.8, 4) is 5.75 Å². The summed E-state index contributed by atoms with van der Waals surface area (Å²) < 4.78 is 41.9. The fraction of sp³-hybridized carbons (Fsp3) is 0.211. The molecule has 146 valence electrons. The number of hydrogen-bond donors (Lipinski definition) is 1. The molecule has 28 heavy (non-hydrogen) atoms. The van der Waals surface area contributed by atoms with Crippen LogP contribution < -0.4 is 15.7 Å². The van der Waals surface area contributed by atoms with E-state index in [4.69, 9.17) is 0 Å². The van der Waals surface area contributed by atoms with Crippen molar-refractivity contribution in [3.63, 3.8) is 0 Å². The number of alkyl halides is 3. The summed E-state index contributed by atoms with van der Waals surface area (Å²) >= 11 is 0. The summed E-state index contributed by atoms with van der Waals surface area (Å²) in [6.07, 6.45) is -4.66. The van der Waals surface area contributed by atoms with Crippen molar-refractivity contribution in [1.82, 2.24) is 9.66 Å². The van der Waals surface area contributed by atoms with Crippen molar-refractivity contribution in [2.45, 2.75) is 26.1 Å². The molecule has 3 rings (SSSR count). The van der Waals surface area contributed by atoms with Crippen LogP contribution in [0.3, 0.4) is 0 Å². The SMILES string of the molecule is CCc1nc2ccccc2c(=O)n1NC(=O)Cc1cccc(OC(F)(F)F)c1. The van der Waals surface area contributed by atoms with E-state index in [0.717, 1.165) is 16.8 Å². The highest BCUT2D eigenvalue weighted by Gasteiger charge is 2.31. The molecule has 1 amide bonds. The van der Waals surface area contributed by atoms with Gasteiger partial charge in [-0.3, -0.25) is 15.0 Å². The normalized spacial score (nSPS) is 11.4. The lowest BCUT2D eigenvalue weighted by Crippen LogP contribution is -2.37. The van der Waals surface area contributed by atoms with Crippen LogP contribution in [0.1, 0.15) is 18.3 Å². The molecule has 9 heteroatoms. The van der Waals surface area contributed by atoms with Gasteiger partial charge in [0.2, 0.25) is 5.91 Å². The molecule has 0 unspecified atom stereocenters. The van der Waals surface area contributed by atoms with Crippen molar-refractivity contribution >= 4 is 16.8 Å². The van der Waals surface area contributed by atoms with Crippen molar-refractivity contribution in [3.05, 3.63) is 70.3 Å². The molecular formula is C19H16F3N3O3. The summed E-state index contributed by atoms with van der Waals surface area (Å²) in [7, 11) is 0. The molecular weight excluding hydrogens is 375 g/mol. The Kier molecular flexibility index (Phi) is 5.34. The Labute approximate surface area is 157 Å². The number of rotatable bonds is 5. The van der Waals surface area contributed by atoms with E-state index >= 15 is 0 Å². The Hall–Kier alpha value is -3.36. The number of carbonyl (C=O) groups is 1. The number of aryl methyl sites for hydroxylation is 1. The van der Waals surface area contributed by atoms with Crippen molar-refractivity contribution in [1.29, 1.82) is 0 Å². The van der Waals surface area contributed by atoms with Crippen LogP contribution >= 0.6 is 0 Å². The number of hydrogen-bond acceptors (Lipinski definition) is 4. The third-order valence-electron chi connectivity index (χ3n) is 3.89. The number of nitrogens with zero attached hydrogens (tertiary/aromatic N) is 2. The van der Waals surface area contributed by atoms with Gasteiger partial charge < -0.3 is 4.74 Å². The quantitative estimate of drug-likeness (QED) is 0.725. The Morgan fingerprint density at radius 2 is 1.93 bits per heavy atom. The second kappa shape index (κ2) is 7.71. The number of carbonyl (C=O) groups excluding carboxylic acids is 1. The van der Waals surface area contributed by atoms with E-state index in [9.17, 15) is 22.8 Å². The van der Waals surface area contributed by atoms with Crippen LogP contribution in [0.15, 0.2) is 53.3 Å². The molecule has 1 N–H and O–H groups in total. The zero-order chi connectivity index (χ0) is 20.3. The first-order chi connectivity index (χ1) is 13.3. The monoisotopic (exact) mass is 391 g/mol.